The number of carbonyl (C=O) groups excluding carboxylic acids is 1. The maximum absolute atomic E-state index is 12.7. The average molecular weight is 671 g/mol. The Balaban J connectivity index is 1.07. The highest BCUT2D eigenvalue weighted by Crippen LogP contribution is 2.42. The van der Waals surface area contributed by atoms with Crippen LogP contribution < -0.4 is 10.2 Å². The van der Waals surface area contributed by atoms with E-state index in [2.05, 4.69) is 79.5 Å². The molecule has 5 aromatic rings. The maximum Gasteiger partial charge on any atom is 0.253 e. The molecule has 10 nitrogen and oxygen atoms in total. The third-order valence-corrected chi connectivity index (χ3v) is 9.64. The van der Waals surface area contributed by atoms with Gasteiger partial charge in [-0.3, -0.25) is 14.7 Å². The van der Waals surface area contributed by atoms with Gasteiger partial charge in [-0.05, 0) is 46.0 Å². The van der Waals surface area contributed by atoms with E-state index in [-0.39, 0.29) is 30.6 Å². The highest BCUT2D eigenvalue weighted by atomic mass is 16.7. The Morgan fingerprint density at radius 1 is 0.840 bits per heavy atom. The van der Waals surface area contributed by atoms with Gasteiger partial charge in [0.25, 0.3) is 5.91 Å². The first kappa shape index (κ1) is 33.5. The van der Waals surface area contributed by atoms with Crippen LogP contribution in [0.1, 0.15) is 51.9 Å². The lowest BCUT2D eigenvalue weighted by Crippen LogP contribution is -2.51. The van der Waals surface area contributed by atoms with Crippen LogP contribution in [0.5, 0.6) is 0 Å². The summed E-state index contributed by atoms with van der Waals surface area (Å²) in [4.78, 5) is 30.3. The van der Waals surface area contributed by atoms with Crippen molar-refractivity contribution in [3.8, 4) is 11.1 Å². The van der Waals surface area contributed by atoms with Crippen LogP contribution in [0, 0.1) is 5.92 Å². The average Bonchev–Trinajstić information content (AvgIpc) is 3.19. The number of hydrogen-bond donors (Lipinski definition) is 2. The molecular formula is C40H42N6O4. The number of ether oxygens (including phenoxy) is 2. The minimum atomic E-state index is -0.555. The van der Waals surface area contributed by atoms with Gasteiger partial charge >= 0.3 is 0 Å². The Hall–Kier alpha value is -5.00. The van der Waals surface area contributed by atoms with Gasteiger partial charge in [-0.1, -0.05) is 79.7 Å². The minimum Gasteiger partial charge on any atom is -0.392 e. The third-order valence-electron chi connectivity index (χ3n) is 9.64. The summed E-state index contributed by atoms with van der Waals surface area (Å²) < 4.78 is 13.5. The van der Waals surface area contributed by atoms with E-state index in [4.69, 9.17) is 9.47 Å². The molecule has 10 heteroatoms. The summed E-state index contributed by atoms with van der Waals surface area (Å²) in [5.41, 5.74) is 6.51. The molecule has 3 aromatic carbocycles. The van der Waals surface area contributed by atoms with Crippen molar-refractivity contribution in [1.29, 1.82) is 0 Å². The predicted octanol–water partition coefficient (Wildman–Crippen LogP) is 5.57. The first-order chi connectivity index (χ1) is 24.6. The molecule has 2 N–H and O–H groups in total. The van der Waals surface area contributed by atoms with Gasteiger partial charge in [0.15, 0.2) is 6.29 Å². The van der Waals surface area contributed by atoms with Crippen molar-refractivity contribution in [2.75, 3.05) is 37.6 Å². The normalized spacial score (nSPS) is 21.1. The van der Waals surface area contributed by atoms with E-state index in [1.165, 1.54) is 0 Å². The van der Waals surface area contributed by atoms with Gasteiger partial charge in [-0.2, -0.15) is 0 Å². The topological polar surface area (TPSA) is 113 Å². The number of amides is 1. The van der Waals surface area contributed by atoms with Crippen molar-refractivity contribution in [2.45, 2.75) is 38.6 Å². The molecule has 2 saturated heterocycles. The Bertz CT molecular complexity index is 1830. The van der Waals surface area contributed by atoms with E-state index in [1.54, 1.807) is 36.9 Å². The molecule has 2 aliphatic heterocycles. The summed E-state index contributed by atoms with van der Waals surface area (Å²) >= 11 is 0. The van der Waals surface area contributed by atoms with Crippen molar-refractivity contribution in [3.05, 3.63) is 144 Å². The Morgan fingerprint density at radius 2 is 1.58 bits per heavy atom. The summed E-state index contributed by atoms with van der Waals surface area (Å²) in [6, 6.07) is 29.8. The molecule has 2 fully saturated rings. The number of aliphatic hydroxyl groups excluding tert-OH is 1. The number of nitrogens with zero attached hydrogens (tertiary/aromatic N) is 5. The van der Waals surface area contributed by atoms with Crippen molar-refractivity contribution >= 4 is 11.9 Å². The summed E-state index contributed by atoms with van der Waals surface area (Å²) in [5, 5.41) is 12.7. The third kappa shape index (κ3) is 7.74. The Morgan fingerprint density at radius 3 is 2.30 bits per heavy atom. The fraction of sp³-hybridized carbons (Fsp3) is 0.300. The number of benzene rings is 3. The Kier molecular flexibility index (Phi) is 10.5. The molecule has 0 aliphatic carbocycles. The van der Waals surface area contributed by atoms with E-state index < -0.39 is 6.29 Å². The number of carbonyl (C=O) groups is 1. The summed E-state index contributed by atoms with van der Waals surface area (Å²) in [5.74, 6) is 0.705. The van der Waals surface area contributed by atoms with Crippen LogP contribution in [0.4, 0.5) is 5.95 Å². The minimum absolute atomic E-state index is 0.00205. The molecule has 0 saturated carbocycles. The number of aliphatic hydroxyl groups is 1. The van der Waals surface area contributed by atoms with E-state index in [9.17, 15) is 9.90 Å². The van der Waals surface area contributed by atoms with Crippen LogP contribution in [0.3, 0.4) is 0 Å². The van der Waals surface area contributed by atoms with E-state index >= 15 is 0 Å². The van der Waals surface area contributed by atoms with Crippen LogP contribution in [0.25, 0.3) is 11.1 Å². The smallest absolute Gasteiger partial charge is 0.253 e. The number of rotatable bonds is 10. The molecule has 4 heterocycles. The number of piperazine rings is 1. The highest BCUT2D eigenvalue weighted by molar-refractivity contribution is 5.93. The maximum atomic E-state index is 12.7. The number of aromatic nitrogens is 3. The van der Waals surface area contributed by atoms with Gasteiger partial charge < -0.3 is 24.8 Å². The summed E-state index contributed by atoms with van der Waals surface area (Å²) in [6.45, 7) is 6.87. The molecule has 0 spiro atoms. The van der Waals surface area contributed by atoms with Crippen LogP contribution in [-0.4, -0.2) is 69.7 Å². The lowest BCUT2D eigenvalue weighted by atomic mass is 9.89. The van der Waals surface area contributed by atoms with Crippen LogP contribution in [0.15, 0.2) is 116 Å². The molecule has 2 aromatic heterocycles. The van der Waals surface area contributed by atoms with E-state index in [0.717, 1.165) is 72.1 Å². The molecule has 256 valence electrons. The van der Waals surface area contributed by atoms with E-state index in [0.29, 0.717) is 12.1 Å². The number of pyridine rings is 1. The zero-order valence-corrected chi connectivity index (χ0v) is 28.1. The molecule has 2 aliphatic rings. The quantitative estimate of drug-likeness (QED) is 0.197. The molecule has 4 atom stereocenters. The monoisotopic (exact) mass is 670 g/mol. The van der Waals surface area contributed by atoms with Gasteiger partial charge in [0.05, 0.1) is 24.4 Å². The van der Waals surface area contributed by atoms with E-state index in [1.807, 2.05) is 36.4 Å². The number of anilines is 1. The fourth-order valence-corrected chi connectivity index (χ4v) is 6.72. The second kappa shape index (κ2) is 15.7. The van der Waals surface area contributed by atoms with Crippen LogP contribution in [-0.2, 0) is 22.6 Å². The molecule has 7 rings (SSSR count). The lowest BCUT2D eigenvalue weighted by molar-refractivity contribution is -0.276. The lowest BCUT2D eigenvalue weighted by Gasteiger charge is -2.44. The predicted molar refractivity (Wildman–Crippen MR) is 191 cm³/mol. The molecule has 0 unspecified atom stereocenters. The second-order valence-electron chi connectivity index (χ2n) is 12.9. The fourth-order valence-electron chi connectivity index (χ4n) is 6.72. The first-order valence-electron chi connectivity index (χ1n) is 17.2. The van der Waals surface area contributed by atoms with Crippen molar-refractivity contribution in [3.63, 3.8) is 0 Å². The van der Waals surface area contributed by atoms with Gasteiger partial charge in [-0.15, -0.1) is 0 Å². The molecule has 0 bridgehead atoms. The van der Waals surface area contributed by atoms with Crippen molar-refractivity contribution in [2.24, 2.45) is 5.92 Å². The zero-order chi connectivity index (χ0) is 34.3. The SMILES string of the molecule is C[C@H]1[C@@H](CN2CCN(c3ncccn3)CC2)O[C@@H](c2ccc(-c3ccccc3CNC(=O)c3cccnc3)cc2)O[C@H]1c1ccc(CO)cc1. The molecule has 50 heavy (non-hydrogen) atoms. The standard InChI is InChI=1S/C40H42N6O4/c1-28-36(26-45-20-22-46(23-21-45)40-42-18-5-19-43-40)49-39(50-37(28)31-11-9-29(27-47)10-12-31)32-15-13-30(14-16-32)35-8-3-2-6-33(35)25-44-38(48)34-7-4-17-41-24-34/h2-19,24,28,36-37,39,47H,20-23,25-27H2,1H3,(H,44,48)/t28-,36+,37+,39+/m0/s1. The Labute approximate surface area is 292 Å². The second-order valence-corrected chi connectivity index (χ2v) is 12.9. The van der Waals surface area contributed by atoms with Crippen molar-refractivity contribution in [1.82, 2.24) is 25.2 Å². The summed E-state index contributed by atoms with van der Waals surface area (Å²) in [6.07, 6.45) is 5.98. The van der Waals surface area contributed by atoms with Gasteiger partial charge in [0.2, 0.25) is 5.95 Å². The van der Waals surface area contributed by atoms with Crippen molar-refractivity contribution < 1.29 is 19.4 Å². The molecule has 1 amide bonds. The van der Waals surface area contributed by atoms with Gasteiger partial charge in [0, 0.05) is 75.5 Å². The number of nitrogens with one attached hydrogen (secondary N) is 1. The molecule has 0 radical (unpaired) electrons. The first-order valence-corrected chi connectivity index (χ1v) is 17.2. The molecular weight excluding hydrogens is 628 g/mol. The summed E-state index contributed by atoms with van der Waals surface area (Å²) in [7, 11) is 0. The van der Waals surface area contributed by atoms with Gasteiger partial charge in [-0.25, -0.2) is 9.97 Å². The van der Waals surface area contributed by atoms with Gasteiger partial charge in [0.1, 0.15) is 0 Å². The largest absolute Gasteiger partial charge is 0.392 e. The van der Waals surface area contributed by atoms with Crippen LogP contribution in [0.2, 0.25) is 0 Å². The number of hydrogen-bond acceptors (Lipinski definition) is 9. The van der Waals surface area contributed by atoms with Crippen LogP contribution >= 0.6 is 0 Å². The highest BCUT2D eigenvalue weighted by Gasteiger charge is 2.39. The zero-order valence-electron chi connectivity index (χ0n) is 28.1.